The molecule has 2 aliphatic heterocycles. The predicted octanol–water partition coefficient (Wildman–Crippen LogP) is 6.51. The second kappa shape index (κ2) is 12.8. The van der Waals surface area contributed by atoms with Gasteiger partial charge in [-0.3, -0.25) is 29.5 Å². The Morgan fingerprint density at radius 1 is 0.827 bits per heavy atom. The average Bonchev–Trinajstić information content (AvgIpc) is 3.53. The van der Waals surface area contributed by atoms with Gasteiger partial charge in [-0.25, -0.2) is 0 Å². The van der Waals surface area contributed by atoms with Crippen LogP contribution >= 0.6 is 22.6 Å². The summed E-state index contributed by atoms with van der Waals surface area (Å²) in [4.78, 5) is 60.3. The highest BCUT2D eigenvalue weighted by Crippen LogP contribution is 2.66. The quantitative estimate of drug-likeness (QED) is 0.123. The molecule has 1 saturated carbocycles. The molecule has 4 aromatic carbocycles. The van der Waals surface area contributed by atoms with Crippen molar-refractivity contribution in [2.75, 3.05) is 24.5 Å². The van der Waals surface area contributed by atoms with E-state index in [1.54, 1.807) is 12.1 Å². The van der Waals surface area contributed by atoms with Crippen LogP contribution in [-0.4, -0.2) is 48.0 Å². The molecule has 0 spiro atoms. The summed E-state index contributed by atoms with van der Waals surface area (Å²) in [6.07, 6.45) is 2.40. The zero-order valence-electron chi connectivity index (χ0n) is 28.7. The molecule has 2 aliphatic carbocycles. The van der Waals surface area contributed by atoms with E-state index in [1.807, 2.05) is 79.7 Å². The molecule has 264 valence electrons. The van der Waals surface area contributed by atoms with Crippen LogP contribution in [0.15, 0.2) is 103 Å². The van der Waals surface area contributed by atoms with Crippen LogP contribution in [0.25, 0.3) is 0 Å². The number of fused-ring (bicyclic) bond motifs is 4. The van der Waals surface area contributed by atoms with E-state index >= 15 is 4.79 Å². The second-order valence-electron chi connectivity index (χ2n) is 13.8. The van der Waals surface area contributed by atoms with Crippen molar-refractivity contribution in [2.45, 2.75) is 31.1 Å². The molecule has 52 heavy (non-hydrogen) atoms. The van der Waals surface area contributed by atoms with Gasteiger partial charge < -0.3 is 14.6 Å². The van der Waals surface area contributed by atoms with Gasteiger partial charge in [0, 0.05) is 27.2 Å². The van der Waals surface area contributed by atoms with Crippen molar-refractivity contribution in [3.8, 4) is 17.2 Å². The number of ether oxygens (including phenoxy) is 2. The number of imide groups is 2. The number of carbonyl (C=O) groups is 4. The molecule has 8 rings (SSSR count). The number of halogens is 1. The van der Waals surface area contributed by atoms with Gasteiger partial charge in [-0.2, -0.15) is 5.01 Å². The van der Waals surface area contributed by atoms with E-state index in [1.165, 1.54) is 31.3 Å². The van der Waals surface area contributed by atoms with Crippen LogP contribution in [0.4, 0.5) is 11.4 Å². The third kappa shape index (κ3) is 4.96. The first-order chi connectivity index (χ1) is 25.1. The number of phenolic OH excluding ortho intramolecular Hbond substituents is 1. The van der Waals surface area contributed by atoms with Gasteiger partial charge in [0.2, 0.25) is 11.8 Å². The highest BCUT2D eigenvalue weighted by atomic mass is 127. The fourth-order valence-corrected chi connectivity index (χ4v) is 9.47. The van der Waals surface area contributed by atoms with Gasteiger partial charge in [-0.15, -0.1) is 0 Å². The number of allylic oxidation sites excluding steroid dienone is 2. The van der Waals surface area contributed by atoms with Crippen molar-refractivity contribution in [1.82, 2.24) is 5.01 Å². The maximum atomic E-state index is 15.4. The lowest BCUT2D eigenvalue weighted by atomic mass is 9.49. The Hall–Kier alpha value is -5.17. The molecule has 6 atom stereocenters. The molecular weight excluding hydrogens is 773 g/mol. The molecule has 3 fully saturated rings. The molecular formula is C41H36IN3O7. The number of methoxy groups -OCH3 is 2. The number of amides is 4. The van der Waals surface area contributed by atoms with Gasteiger partial charge in [0.15, 0.2) is 0 Å². The largest absolute Gasteiger partial charge is 0.508 e. The summed E-state index contributed by atoms with van der Waals surface area (Å²) in [5.74, 6) is -4.90. The molecule has 2 heterocycles. The van der Waals surface area contributed by atoms with Gasteiger partial charge in [-0.05, 0) is 90.2 Å². The van der Waals surface area contributed by atoms with Crippen molar-refractivity contribution in [2.24, 2.45) is 23.7 Å². The molecule has 4 amide bonds. The van der Waals surface area contributed by atoms with Gasteiger partial charge >= 0.3 is 0 Å². The van der Waals surface area contributed by atoms with Crippen molar-refractivity contribution < 1.29 is 33.8 Å². The monoisotopic (exact) mass is 809 g/mol. The van der Waals surface area contributed by atoms with E-state index < -0.39 is 46.8 Å². The normalized spacial score (nSPS) is 26.5. The first-order valence-electron chi connectivity index (χ1n) is 17.2. The minimum Gasteiger partial charge on any atom is -0.508 e. The van der Waals surface area contributed by atoms with E-state index in [9.17, 15) is 19.5 Å². The third-order valence-electron chi connectivity index (χ3n) is 11.3. The van der Waals surface area contributed by atoms with E-state index in [0.29, 0.717) is 22.5 Å². The van der Waals surface area contributed by atoms with Crippen LogP contribution < -0.4 is 19.8 Å². The number of hydrogen-bond acceptors (Lipinski definition) is 8. The molecule has 4 aliphatic rings. The van der Waals surface area contributed by atoms with Gasteiger partial charge in [0.05, 0.1) is 48.8 Å². The number of benzene rings is 4. The van der Waals surface area contributed by atoms with Crippen LogP contribution in [0.5, 0.6) is 17.2 Å². The summed E-state index contributed by atoms with van der Waals surface area (Å²) in [5.41, 5.74) is 5.51. The minimum atomic E-state index is -1.52. The third-order valence-corrected chi connectivity index (χ3v) is 12.0. The number of aromatic hydroxyl groups is 1. The zero-order valence-corrected chi connectivity index (χ0v) is 30.9. The number of carbonyl (C=O) groups excluding carboxylic acids is 4. The van der Waals surface area contributed by atoms with E-state index in [-0.39, 0.29) is 41.9 Å². The Morgan fingerprint density at radius 2 is 1.48 bits per heavy atom. The lowest BCUT2D eigenvalue weighted by Crippen LogP contribution is -2.53. The van der Waals surface area contributed by atoms with E-state index in [4.69, 9.17) is 9.47 Å². The molecule has 2 saturated heterocycles. The second-order valence-corrected chi connectivity index (χ2v) is 15.1. The zero-order chi connectivity index (χ0) is 36.5. The molecule has 4 aromatic rings. The highest BCUT2D eigenvalue weighted by Gasteiger charge is 2.71. The predicted molar refractivity (Wildman–Crippen MR) is 202 cm³/mol. The summed E-state index contributed by atoms with van der Waals surface area (Å²) in [5, 5.41) is 11.9. The molecule has 0 radical (unpaired) electrons. The van der Waals surface area contributed by atoms with Crippen LogP contribution in [0.3, 0.4) is 0 Å². The van der Waals surface area contributed by atoms with Gasteiger partial charge in [0.1, 0.15) is 17.2 Å². The van der Waals surface area contributed by atoms with Crippen LogP contribution in [0.2, 0.25) is 0 Å². The molecule has 10 nitrogen and oxygen atoms in total. The lowest BCUT2D eigenvalue weighted by Gasteiger charge is -2.51. The van der Waals surface area contributed by atoms with Crippen molar-refractivity contribution in [1.29, 1.82) is 0 Å². The van der Waals surface area contributed by atoms with Crippen LogP contribution in [0, 0.1) is 34.2 Å². The molecule has 11 heteroatoms. The first-order valence-corrected chi connectivity index (χ1v) is 18.2. The average molecular weight is 810 g/mol. The standard InChI is InChI=1S/C41H36IN3O7/c1-22-9-13-25(14-10-22)43-45-38(48)31-21-30-28(17-18-29-34(30)39(49)44(37(29)47)26-15-11-24(42)12-16-26)36(35-32(51-2)19-27(46)20-33(35)52-3)41(31,40(45)50)23-7-5-4-6-8-23/h4-17,19-20,29-31,34,36,43,46H,18,21H2,1-3H3. The minimum absolute atomic E-state index is 0.103. The number of anilines is 2. The number of hydrazine groups is 1. The Kier molecular flexibility index (Phi) is 8.36. The smallest absolute Gasteiger partial charge is 0.260 e. The van der Waals surface area contributed by atoms with Crippen molar-refractivity contribution in [3.63, 3.8) is 0 Å². The van der Waals surface area contributed by atoms with Crippen LogP contribution in [0.1, 0.15) is 35.4 Å². The maximum absolute atomic E-state index is 15.4. The Bertz CT molecular complexity index is 2130. The summed E-state index contributed by atoms with van der Waals surface area (Å²) in [6.45, 7) is 1.95. The lowest BCUT2D eigenvalue weighted by molar-refractivity contribution is -0.138. The van der Waals surface area contributed by atoms with E-state index in [0.717, 1.165) is 19.7 Å². The summed E-state index contributed by atoms with van der Waals surface area (Å²) in [7, 11) is 2.95. The summed E-state index contributed by atoms with van der Waals surface area (Å²) < 4.78 is 12.8. The topological polar surface area (TPSA) is 125 Å². The van der Waals surface area contributed by atoms with Crippen molar-refractivity contribution >= 4 is 57.6 Å². The fraction of sp³-hybridized carbons (Fsp3) is 0.268. The number of hydrogen-bond donors (Lipinski definition) is 2. The highest BCUT2D eigenvalue weighted by molar-refractivity contribution is 14.1. The first kappa shape index (κ1) is 33.9. The SMILES string of the molecule is COc1cc(O)cc(OC)c1C1C2=CCC3C(=O)N(c4ccc(I)cc4)C(=O)C3C2CC2C(=O)N(Nc3ccc(C)cc3)C(=O)C21c1ccccc1. The Labute approximate surface area is 314 Å². The Morgan fingerprint density at radius 3 is 2.12 bits per heavy atom. The Balaban J connectivity index is 1.36. The molecule has 0 bridgehead atoms. The number of aryl methyl sites for hydroxylation is 1. The van der Waals surface area contributed by atoms with Gasteiger partial charge in [0.25, 0.3) is 11.8 Å². The molecule has 2 N–H and O–H groups in total. The number of rotatable bonds is 7. The maximum Gasteiger partial charge on any atom is 0.260 e. The number of nitrogens with one attached hydrogen (secondary N) is 1. The van der Waals surface area contributed by atoms with Gasteiger partial charge in [-0.1, -0.05) is 59.7 Å². The number of nitrogens with zero attached hydrogens (tertiary/aromatic N) is 2. The fourth-order valence-electron chi connectivity index (χ4n) is 9.12. The van der Waals surface area contributed by atoms with Crippen molar-refractivity contribution in [3.05, 3.63) is 123 Å². The molecule has 6 unspecified atom stereocenters. The van der Waals surface area contributed by atoms with Crippen LogP contribution in [-0.2, 0) is 24.6 Å². The number of phenols is 1. The molecule has 0 aromatic heterocycles. The summed E-state index contributed by atoms with van der Waals surface area (Å²) in [6, 6.07) is 26.8. The summed E-state index contributed by atoms with van der Waals surface area (Å²) >= 11 is 2.18. The van der Waals surface area contributed by atoms with E-state index in [2.05, 4.69) is 28.0 Å².